The van der Waals surface area contributed by atoms with Gasteiger partial charge in [0.2, 0.25) is 0 Å². The van der Waals surface area contributed by atoms with Gasteiger partial charge in [0.15, 0.2) is 5.78 Å². The molecule has 0 saturated heterocycles. The molecule has 0 radical (unpaired) electrons. The van der Waals surface area contributed by atoms with Gasteiger partial charge < -0.3 is 0 Å². The molecule has 0 atom stereocenters. The Morgan fingerprint density at radius 2 is 1.91 bits per heavy atom. The fourth-order valence-corrected chi connectivity index (χ4v) is 0.857. The number of ketones is 1. The van der Waals surface area contributed by atoms with E-state index < -0.39 is 0 Å². The second-order valence-electron chi connectivity index (χ2n) is 2.94. The maximum atomic E-state index is 10.7. The van der Waals surface area contributed by atoms with Gasteiger partial charge >= 0.3 is 0 Å². The van der Waals surface area contributed by atoms with Gasteiger partial charge in [-0.3, -0.25) is 4.79 Å². The van der Waals surface area contributed by atoms with Crippen molar-refractivity contribution in [2.45, 2.75) is 46.5 Å². The van der Waals surface area contributed by atoms with Crippen molar-refractivity contribution in [3.05, 3.63) is 11.6 Å². The molecule has 0 spiro atoms. The van der Waals surface area contributed by atoms with E-state index in [1.165, 1.54) is 19.3 Å². The number of Topliss-reactive ketones (excluding diaryl/α,β-unsaturated/α-hetero) is 1. The number of unbranched alkanes of at least 4 members (excludes halogenated alkanes) is 3. The summed E-state index contributed by atoms with van der Waals surface area (Å²) in [6.45, 7) is 5.68. The minimum atomic E-state index is 0.196. The lowest BCUT2D eigenvalue weighted by molar-refractivity contribution is -0.113. The highest BCUT2D eigenvalue weighted by Crippen LogP contribution is 2.03. The standard InChI is InChI=1S/C10H18O/c1-4-5-6-7-8-9(2)10(3)11/h8H,4-7H2,1-3H3/b9-8+. The molecule has 1 heteroatoms. The molecule has 0 aromatic heterocycles. The van der Waals surface area contributed by atoms with Crippen molar-refractivity contribution in [2.75, 3.05) is 0 Å². The molecule has 0 fully saturated rings. The third kappa shape index (κ3) is 5.84. The fraction of sp³-hybridized carbons (Fsp3) is 0.700. The number of carbonyl (C=O) groups is 1. The van der Waals surface area contributed by atoms with Crippen LogP contribution in [-0.4, -0.2) is 5.78 Å². The predicted octanol–water partition coefficient (Wildman–Crippen LogP) is 3.10. The first-order valence-electron chi connectivity index (χ1n) is 4.36. The molecule has 1 nitrogen and oxygen atoms in total. The monoisotopic (exact) mass is 154 g/mol. The van der Waals surface area contributed by atoms with E-state index in [9.17, 15) is 4.79 Å². The Balaban J connectivity index is 3.48. The third-order valence-electron chi connectivity index (χ3n) is 1.81. The summed E-state index contributed by atoms with van der Waals surface area (Å²) in [7, 11) is 0. The maximum Gasteiger partial charge on any atom is 0.155 e. The fourth-order valence-electron chi connectivity index (χ4n) is 0.857. The van der Waals surface area contributed by atoms with Gasteiger partial charge in [-0.15, -0.1) is 0 Å². The highest BCUT2D eigenvalue weighted by atomic mass is 16.1. The number of allylic oxidation sites excluding steroid dienone is 2. The van der Waals surface area contributed by atoms with E-state index in [0.717, 1.165) is 12.0 Å². The van der Waals surface area contributed by atoms with Crippen LogP contribution in [0.2, 0.25) is 0 Å². The van der Waals surface area contributed by atoms with Gasteiger partial charge in [-0.05, 0) is 32.3 Å². The molecule has 0 aliphatic rings. The SMILES string of the molecule is CCCCC/C=C(\C)C(C)=O. The van der Waals surface area contributed by atoms with Crippen LogP contribution in [0.4, 0.5) is 0 Å². The van der Waals surface area contributed by atoms with Crippen molar-refractivity contribution in [1.29, 1.82) is 0 Å². The quantitative estimate of drug-likeness (QED) is 0.439. The molecule has 0 unspecified atom stereocenters. The van der Waals surface area contributed by atoms with E-state index in [2.05, 4.69) is 6.92 Å². The van der Waals surface area contributed by atoms with Crippen molar-refractivity contribution < 1.29 is 4.79 Å². The average molecular weight is 154 g/mol. The summed E-state index contributed by atoms with van der Waals surface area (Å²) >= 11 is 0. The predicted molar refractivity (Wildman–Crippen MR) is 48.6 cm³/mol. The van der Waals surface area contributed by atoms with Crippen LogP contribution >= 0.6 is 0 Å². The second-order valence-corrected chi connectivity index (χ2v) is 2.94. The number of hydrogen-bond acceptors (Lipinski definition) is 1. The van der Waals surface area contributed by atoms with E-state index in [4.69, 9.17) is 0 Å². The molecule has 0 heterocycles. The lowest BCUT2D eigenvalue weighted by atomic mass is 10.1. The Morgan fingerprint density at radius 1 is 1.27 bits per heavy atom. The molecule has 0 rings (SSSR count). The van der Waals surface area contributed by atoms with Crippen LogP contribution in [0.1, 0.15) is 46.5 Å². The Bertz CT molecular complexity index is 145. The zero-order valence-corrected chi connectivity index (χ0v) is 7.81. The minimum Gasteiger partial charge on any atom is -0.295 e. The third-order valence-corrected chi connectivity index (χ3v) is 1.81. The van der Waals surface area contributed by atoms with Gasteiger partial charge in [0.1, 0.15) is 0 Å². The van der Waals surface area contributed by atoms with Crippen molar-refractivity contribution in [1.82, 2.24) is 0 Å². The summed E-state index contributed by atoms with van der Waals surface area (Å²) in [5.74, 6) is 0.196. The van der Waals surface area contributed by atoms with Gasteiger partial charge in [-0.25, -0.2) is 0 Å². The molecule has 0 bridgehead atoms. The van der Waals surface area contributed by atoms with Gasteiger partial charge in [0.05, 0.1) is 0 Å². The van der Waals surface area contributed by atoms with Crippen LogP contribution in [0, 0.1) is 0 Å². The van der Waals surface area contributed by atoms with E-state index in [1.54, 1.807) is 6.92 Å². The van der Waals surface area contributed by atoms with Crippen LogP contribution < -0.4 is 0 Å². The molecule has 0 amide bonds. The minimum absolute atomic E-state index is 0.196. The number of hydrogen-bond donors (Lipinski definition) is 0. The molecule has 0 N–H and O–H groups in total. The summed E-state index contributed by atoms with van der Waals surface area (Å²) in [5.41, 5.74) is 0.904. The number of carbonyl (C=O) groups excluding carboxylic acids is 1. The van der Waals surface area contributed by atoms with Crippen molar-refractivity contribution in [3.63, 3.8) is 0 Å². The van der Waals surface area contributed by atoms with E-state index >= 15 is 0 Å². The van der Waals surface area contributed by atoms with Gasteiger partial charge in [0.25, 0.3) is 0 Å². The van der Waals surface area contributed by atoms with Gasteiger partial charge in [-0.1, -0.05) is 25.8 Å². The largest absolute Gasteiger partial charge is 0.295 e. The summed E-state index contributed by atoms with van der Waals surface area (Å²) in [5, 5.41) is 0. The lowest BCUT2D eigenvalue weighted by Crippen LogP contribution is -1.90. The molecular formula is C10H18O. The van der Waals surface area contributed by atoms with Crippen LogP contribution in [0.5, 0.6) is 0 Å². The Morgan fingerprint density at radius 3 is 2.36 bits per heavy atom. The van der Waals surface area contributed by atoms with Crippen molar-refractivity contribution in [3.8, 4) is 0 Å². The second kappa shape index (κ2) is 6.14. The zero-order valence-electron chi connectivity index (χ0n) is 7.81. The van der Waals surface area contributed by atoms with E-state index in [-0.39, 0.29) is 5.78 Å². The highest BCUT2D eigenvalue weighted by molar-refractivity contribution is 5.92. The first-order chi connectivity index (χ1) is 5.18. The van der Waals surface area contributed by atoms with Crippen LogP contribution in [0.15, 0.2) is 11.6 Å². The molecule has 0 saturated carbocycles. The summed E-state index contributed by atoms with van der Waals surface area (Å²) < 4.78 is 0. The first kappa shape index (κ1) is 10.4. The lowest BCUT2D eigenvalue weighted by Gasteiger charge is -1.94. The summed E-state index contributed by atoms with van der Waals surface area (Å²) in [6, 6.07) is 0. The zero-order chi connectivity index (χ0) is 8.69. The summed E-state index contributed by atoms with van der Waals surface area (Å²) in [4.78, 5) is 10.7. The maximum absolute atomic E-state index is 10.7. The van der Waals surface area contributed by atoms with Crippen LogP contribution in [0.3, 0.4) is 0 Å². The van der Waals surface area contributed by atoms with Crippen molar-refractivity contribution in [2.24, 2.45) is 0 Å². The molecule has 0 aliphatic heterocycles. The Kier molecular flexibility index (Phi) is 5.81. The summed E-state index contributed by atoms with van der Waals surface area (Å²) in [6.07, 6.45) is 6.81. The highest BCUT2D eigenvalue weighted by Gasteiger charge is 1.93. The van der Waals surface area contributed by atoms with Crippen molar-refractivity contribution >= 4 is 5.78 Å². The molecule has 0 aliphatic carbocycles. The van der Waals surface area contributed by atoms with Gasteiger partial charge in [0, 0.05) is 0 Å². The molecule has 0 aromatic carbocycles. The van der Waals surface area contributed by atoms with Gasteiger partial charge in [-0.2, -0.15) is 0 Å². The Labute approximate surface area is 69.5 Å². The topological polar surface area (TPSA) is 17.1 Å². The first-order valence-corrected chi connectivity index (χ1v) is 4.36. The van der Waals surface area contributed by atoms with Crippen LogP contribution in [-0.2, 0) is 4.79 Å². The average Bonchev–Trinajstić information content (AvgIpc) is 1.97. The molecule has 0 aromatic rings. The smallest absolute Gasteiger partial charge is 0.155 e. The molecular weight excluding hydrogens is 136 g/mol. The van der Waals surface area contributed by atoms with E-state index in [0.29, 0.717) is 0 Å². The Hall–Kier alpha value is -0.590. The van der Waals surface area contributed by atoms with E-state index in [1.807, 2.05) is 13.0 Å². The normalized spacial score (nSPS) is 11.7. The van der Waals surface area contributed by atoms with Crippen LogP contribution in [0.25, 0.3) is 0 Å². The molecule has 64 valence electrons. The number of rotatable bonds is 5. The molecule has 11 heavy (non-hydrogen) atoms.